The molecular weight excluding hydrogens is 769 g/mol. The quantitative estimate of drug-likeness (QED) is 0.237. The van der Waals surface area contributed by atoms with Gasteiger partial charge in [0.15, 0.2) is 17.5 Å². The summed E-state index contributed by atoms with van der Waals surface area (Å²) < 4.78 is 7.36. The monoisotopic (exact) mass is 805 g/mol. The molecule has 0 N–H and O–H groups in total. The number of nitrogens with zero attached hydrogens (tertiary/aromatic N) is 5. The van der Waals surface area contributed by atoms with E-state index in [4.69, 9.17) is 15.0 Å². The summed E-state index contributed by atoms with van der Waals surface area (Å²) in [7, 11) is 11.0. The van der Waals surface area contributed by atoms with Crippen LogP contribution < -0.4 is 27.3 Å². The second-order valence-corrected chi connectivity index (χ2v) is 17.6. The maximum atomic E-state index is 5.38. The second kappa shape index (κ2) is 14.0. The van der Waals surface area contributed by atoms with E-state index in [9.17, 15) is 0 Å². The van der Waals surface area contributed by atoms with E-state index in [0.29, 0.717) is 17.5 Å². The fourth-order valence-corrected chi connectivity index (χ4v) is 11.0. The molecule has 286 valence electrons. The number of aromatic nitrogens is 5. The molecule has 0 unspecified atom stereocenters. The Balaban J connectivity index is 1.10. The van der Waals surface area contributed by atoms with Gasteiger partial charge in [-0.05, 0) is 60.7 Å². The number of hydrogen-bond donors (Lipinski definition) is 0. The molecule has 0 bridgehead atoms. The Hall–Kier alpha value is -7.09. The van der Waals surface area contributed by atoms with Gasteiger partial charge in [0, 0.05) is 69.8 Å². The van der Waals surface area contributed by atoms with Crippen LogP contribution in [0.25, 0.3) is 109 Å². The first kappa shape index (κ1) is 36.7. The van der Waals surface area contributed by atoms with Crippen LogP contribution in [-0.2, 0) is 0 Å². The number of rotatable bonds is 5. The van der Waals surface area contributed by atoms with Gasteiger partial charge >= 0.3 is 0 Å². The summed E-state index contributed by atoms with van der Waals surface area (Å²) in [5.41, 5.74) is 15.9. The van der Waals surface area contributed by atoms with Crippen molar-refractivity contribution in [3.05, 3.63) is 158 Å². The van der Waals surface area contributed by atoms with Crippen molar-refractivity contribution < 1.29 is 0 Å². The normalized spacial score (nSPS) is 11.9. The minimum Gasteiger partial charge on any atom is -0.309 e. The summed E-state index contributed by atoms with van der Waals surface area (Å²) in [5, 5.41) is 7.54. The molecule has 0 saturated carbocycles. The van der Waals surface area contributed by atoms with Crippen molar-refractivity contribution in [2.75, 3.05) is 0 Å². The van der Waals surface area contributed by atoms with Crippen LogP contribution in [-0.4, -0.2) is 63.3 Å². The zero-order valence-corrected chi connectivity index (χ0v) is 36.0. The van der Waals surface area contributed by atoms with Gasteiger partial charge in [0.05, 0.1) is 22.1 Å². The molecule has 0 aliphatic heterocycles. The summed E-state index contributed by atoms with van der Waals surface area (Å²) in [6, 6.07) is 56.7. The van der Waals surface area contributed by atoms with Crippen molar-refractivity contribution in [2.24, 2.45) is 0 Å². The Bertz CT molecular complexity index is 3810. The standard InChI is InChI=1S/C51H36B5N5S/c52-44-43(45(53)47(55)48(56)46(44)54)51-58-49(57-50(59-51)28-21-22-32-31-15-4-7-18-35(31)60(38(32)26-28)29-12-2-1-3-13-29)27-11-10-14-30(25-27)61-36-19-8-5-16-33(36)41-37(61)23-24-40-42(41)34-17-6-9-20-39(34)62-40/h1-26H,52-56H2. The second-order valence-electron chi connectivity index (χ2n) is 16.6. The van der Waals surface area contributed by atoms with E-state index in [1.165, 1.54) is 80.1 Å². The lowest BCUT2D eigenvalue weighted by Crippen LogP contribution is -2.55. The molecule has 4 heterocycles. The zero-order valence-electron chi connectivity index (χ0n) is 35.2. The summed E-state index contributed by atoms with van der Waals surface area (Å²) >= 11 is 1.86. The van der Waals surface area contributed by atoms with Gasteiger partial charge in [0.2, 0.25) is 0 Å². The first-order chi connectivity index (χ1) is 30.3. The third-order valence-corrected chi connectivity index (χ3v) is 14.5. The maximum absolute atomic E-state index is 5.38. The van der Waals surface area contributed by atoms with Crippen LogP contribution in [0.3, 0.4) is 0 Å². The van der Waals surface area contributed by atoms with Gasteiger partial charge in [-0.15, -0.1) is 27.7 Å². The third-order valence-electron chi connectivity index (χ3n) is 13.3. The van der Waals surface area contributed by atoms with Crippen LogP contribution in [0.15, 0.2) is 158 Å². The molecule has 11 heteroatoms. The van der Waals surface area contributed by atoms with Crippen molar-refractivity contribution in [1.82, 2.24) is 24.1 Å². The summed E-state index contributed by atoms with van der Waals surface area (Å²) in [6.07, 6.45) is 0. The molecule has 0 spiro atoms. The molecular formula is C51H36B5N5S. The molecule has 62 heavy (non-hydrogen) atoms. The van der Waals surface area contributed by atoms with Gasteiger partial charge in [-0.1, -0.05) is 108 Å². The van der Waals surface area contributed by atoms with Crippen molar-refractivity contribution >= 4 is 142 Å². The molecule has 0 radical (unpaired) electrons. The van der Waals surface area contributed by atoms with Crippen molar-refractivity contribution in [3.8, 4) is 45.5 Å². The fraction of sp³-hybridized carbons (Fsp3) is 0. The number of para-hydroxylation sites is 3. The van der Waals surface area contributed by atoms with E-state index in [0.717, 1.165) is 39.1 Å². The van der Waals surface area contributed by atoms with E-state index in [-0.39, 0.29) is 0 Å². The van der Waals surface area contributed by atoms with Crippen LogP contribution >= 0.6 is 11.3 Å². The lowest BCUT2D eigenvalue weighted by Gasteiger charge is -2.20. The van der Waals surface area contributed by atoms with E-state index >= 15 is 0 Å². The minimum atomic E-state index is 0.636. The van der Waals surface area contributed by atoms with E-state index in [1.54, 1.807) is 0 Å². The van der Waals surface area contributed by atoms with Crippen molar-refractivity contribution in [1.29, 1.82) is 0 Å². The van der Waals surface area contributed by atoms with E-state index in [2.05, 4.69) is 206 Å². The predicted molar refractivity (Wildman–Crippen MR) is 279 cm³/mol. The van der Waals surface area contributed by atoms with Crippen molar-refractivity contribution in [2.45, 2.75) is 0 Å². The molecule has 0 saturated heterocycles. The Morgan fingerprint density at radius 2 is 0.919 bits per heavy atom. The van der Waals surface area contributed by atoms with Crippen LogP contribution in [0, 0.1) is 0 Å². The van der Waals surface area contributed by atoms with Crippen molar-refractivity contribution in [3.63, 3.8) is 0 Å². The first-order valence-corrected chi connectivity index (χ1v) is 22.0. The lowest BCUT2D eigenvalue weighted by atomic mass is 9.60. The molecule has 5 nitrogen and oxygen atoms in total. The average Bonchev–Trinajstić information content (AvgIpc) is 3.98. The number of hydrogen-bond acceptors (Lipinski definition) is 4. The van der Waals surface area contributed by atoms with Crippen LogP contribution in [0.5, 0.6) is 0 Å². The molecule has 8 aromatic carbocycles. The molecule has 0 atom stereocenters. The largest absolute Gasteiger partial charge is 0.309 e. The molecule has 12 rings (SSSR count). The molecule has 0 fully saturated rings. The minimum absolute atomic E-state index is 0.636. The highest BCUT2D eigenvalue weighted by atomic mass is 32.1. The molecule has 0 aliphatic carbocycles. The molecule has 0 amide bonds. The van der Waals surface area contributed by atoms with Gasteiger partial charge < -0.3 is 9.13 Å². The highest BCUT2D eigenvalue weighted by Crippen LogP contribution is 2.43. The Labute approximate surface area is 367 Å². The predicted octanol–water partition coefficient (Wildman–Crippen LogP) is 4.73. The third kappa shape index (κ3) is 5.44. The first-order valence-electron chi connectivity index (χ1n) is 21.2. The topological polar surface area (TPSA) is 48.5 Å². The molecule has 12 aromatic rings. The summed E-state index contributed by atoms with van der Waals surface area (Å²) in [6.45, 7) is 0. The Morgan fingerprint density at radius 1 is 0.355 bits per heavy atom. The highest BCUT2D eigenvalue weighted by molar-refractivity contribution is 7.26. The lowest BCUT2D eigenvalue weighted by molar-refractivity contribution is 1.07. The maximum Gasteiger partial charge on any atom is 0.164 e. The van der Waals surface area contributed by atoms with Gasteiger partial charge in [0.1, 0.15) is 39.2 Å². The van der Waals surface area contributed by atoms with Crippen LogP contribution in [0.1, 0.15) is 0 Å². The highest BCUT2D eigenvalue weighted by Gasteiger charge is 2.22. The van der Waals surface area contributed by atoms with Gasteiger partial charge in [-0.3, -0.25) is 0 Å². The van der Waals surface area contributed by atoms with Gasteiger partial charge in [-0.25, -0.2) is 15.0 Å². The Morgan fingerprint density at radius 3 is 1.68 bits per heavy atom. The van der Waals surface area contributed by atoms with Crippen LogP contribution in [0.4, 0.5) is 0 Å². The molecule has 4 aromatic heterocycles. The summed E-state index contributed by atoms with van der Waals surface area (Å²) in [5.74, 6) is 1.96. The van der Waals surface area contributed by atoms with Gasteiger partial charge in [0.25, 0.3) is 0 Å². The smallest absolute Gasteiger partial charge is 0.164 e. The Kier molecular flexibility index (Phi) is 8.28. The molecule has 0 aliphatic rings. The number of fused-ring (bicyclic) bond motifs is 10. The summed E-state index contributed by atoms with van der Waals surface area (Å²) in [4.78, 5) is 16.1. The number of benzene rings is 8. The van der Waals surface area contributed by atoms with E-state index < -0.39 is 0 Å². The van der Waals surface area contributed by atoms with Gasteiger partial charge in [-0.2, -0.15) is 0 Å². The fourth-order valence-electron chi connectivity index (χ4n) is 9.88. The van der Waals surface area contributed by atoms with E-state index in [1.807, 2.05) is 11.3 Å². The zero-order chi connectivity index (χ0) is 41.8. The average molecular weight is 805 g/mol. The SMILES string of the molecule is Bc1c(B)c(B)c(-c2nc(-c3cccc(-n4c5ccccc5c5c6c(ccc54)sc4ccccc46)c3)nc(-c3ccc4c5ccccc5n(-c5ccccc5)c4c3)n2)c(B)c1B. The van der Waals surface area contributed by atoms with Crippen LogP contribution in [0.2, 0.25) is 0 Å². The number of thiophene rings is 1.